The first-order valence-corrected chi connectivity index (χ1v) is 16.4. The Bertz CT molecular complexity index is 1540. The summed E-state index contributed by atoms with van der Waals surface area (Å²) in [6.45, 7) is 0.0184. The zero-order valence-corrected chi connectivity index (χ0v) is 23.7. The Kier molecular flexibility index (Phi) is 7.77. The second kappa shape index (κ2) is 10.6. The minimum absolute atomic E-state index is 0.00996. The number of aliphatic hydroxyl groups excluding tert-OH is 1. The lowest BCUT2D eigenvalue weighted by Gasteiger charge is -2.45. The number of rotatable bonds is 7. The molecule has 2 aliphatic carbocycles. The van der Waals surface area contributed by atoms with E-state index in [2.05, 4.69) is 5.32 Å². The highest BCUT2D eigenvalue weighted by Crippen LogP contribution is 2.53. The predicted octanol–water partition coefficient (Wildman–Crippen LogP) is 2.96. The van der Waals surface area contributed by atoms with Crippen LogP contribution in [0.15, 0.2) is 41.3 Å². The minimum Gasteiger partial charge on any atom is -0.389 e. The molecule has 2 aromatic carbocycles. The lowest BCUT2D eigenvalue weighted by Crippen LogP contribution is -2.58. The van der Waals surface area contributed by atoms with E-state index in [0.29, 0.717) is 19.3 Å². The third kappa shape index (κ3) is 5.16. The summed E-state index contributed by atoms with van der Waals surface area (Å²) < 4.78 is 79.9. The van der Waals surface area contributed by atoms with Gasteiger partial charge < -0.3 is 15.5 Å². The van der Waals surface area contributed by atoms with Gasteiger partial charge >= 0.3 is 0 Å². The van der Waals surface area contributed by atoms with Crippen LogP contribution in [0.1, 0.15) is 42.5 Å². The normalized spacial score (nSPS) is 28.9. The molecule has 40 heavy (non-hydrogen) atoms. The lowest BCUT2D eigenvalue weighted by molar-refractivity contribution is -0.144. The number of aliphatic hydroxyl groups is 2. The van der Waals surface area contributed by atoms with Gasteiger partial charge in [0.2, 0.25) is 10.0 Å². The maximum atomic E-state index is 13.7. The molecule has 0 spiro atoms. The van der Waals surface area contributed by atoms with Crippen LogP contribution in [0, 0.1) is 23.5 Å². The Hall–Kier alpha value is -2.16. The average Bonchev–Trinajstić information content (AvgIpc) is 3.27. The van der Waals surface area contributed by atoms with Crippen molar-refractivity contribution in [1.29, 1.82) is 0 Å². The van der Waals surface area contributed by atoms with E-state index in [1.165, 1.54) is 16.4 Å². The quantitative estimate of drug-likeness (QED) is 0.433. The molecule has 1 heterocycles. The number of nitrogens with zero attached hydrogens (tertiary/aromatic N) is 1. The summed E-state index contributed by atoms with van der Waals surface area (Å²) in [6.07, 6.45) is 0.0808. The number of carbonyl (C=O) groups is 1. The molecular formula is C26H29ClF2N2O7S2. The van der Waals surface area contributed by atoms with Gasteiger partial charge in [-0.15, -0.1) is 0 Å². The van der Waals surface area contributed by atoms with E-state index in [1.54, 1.807) is 0 Å². The van der Waals surface area contributed by atoms with Gasteiger partial charge in [0, 0.05) is 30.4 Å². The maximum absolute atomic E-state index is 13.7. The van der Waals surface area contributed by atoms with Gasteiger partial charge in [-0.3, -0.25) is 4.79 Å². The summed E-state index contributed by atoms with van der Waals surface area (Å²) in [7, 11) is -7.59. The number of β-amino-alcohol motifs (C(OH)–C–C–N with tert-alkyl or cyclic N) is 1. The van der Waals surface area contributed by atoms with Crippen molar-refractivity contribution in [1.82, 2.24) is 4.31 Å². The Morgan fingerprint density at radius 1 is 1.12 bits per heavy atom. The molecular weight excluding hydrogens is 590 g/mol. The van der Waals surface area contributed by atoms with E-state index in [0.717, 1.165) is 24.3 Å². The first-order valence-electron chi connectivity index (χ1n) is 12.9. The molecule has 3 aliphatic rings. The van der Waals surface area contributed by atoms with E-state index >= 15 is 0 Å². The van der Waals surface area contributed by atoms with Crippen molar-refractivity contribution in [2.75, 3.05) is 24.2 Å². The maximum Gasteiger partial charge on any atom is 0.255 e. The molecule has 1 amide bonds. The molecule has 3 fully saturated rings. The summed E-state index contributed by atoms with van der Waals surface area (Å²) in [5.41, 5.74) is -1.71. The smallest absolute Gasteiger partial charge is 0.255 e. The van der Waals surface area contributed by atoms with Crippen molar-refractivity contribution in [3.05, 3.63) is 58.6 Å². The Balaban J connectivity index is 1.35. The molecule has 14 heteroatoms. The molecule has 218 valence electrons. The summed E-state index contributed by atoms with van der Waals surface area (Å²) in [5.74, 6) is -4.16. The third-order valence-electron chi connectivity index (χ3n) is 8.50. The van der Waals surface area contributed by atoms with Gasteiger partial charge in [0.1, 0.15) is 0 Å². The SMILES string of the molecule is O=C(Nc1ccc(F)c(F)c1)c1ccc(Cl)c(S(=O)(=O)C2CC3CC[C@@H](C2)C3(O)C(O)CN2CCCS2(=O)=O)c1. The number of carbonyl (C=O) groups excluding carboxylic acids is 1. The van der Waals surface area contributed by atoms with Crippen LogP contribution in [-0.2, 0) is 19.9 Å². The number of amides is 1. The molecule has 4 unspecified atom stereocenters. The number of fused-ring (bicyclic) bond motifs is 2. The van der Waals surface area contributed by atoms with Crippen molar-refractivity contribution in [2.24, 2.45) is 11.8 Å². The average molecular weight is 619 g/mol. The molecule has 3 N–H and O–H groups in total. The second-order valence-electron chi connectivity index (χ2n) is 10.8. The summed E-state index contributed by atoms with van der Waals surface area (Å²) in [5, 5.41) is 23.9. The van der Waals surface area contributed by atoms with Crippen LogP contribution in [0.4, 0.5) is 14.5 Å². The second-order valence-corrected chi connectivity index (χ2v) is 15.5. The van der Waals surface area contributed by atoms with Gasteiger partial charge in [-0.2, -0.15) is 4.31 Å². The van der Waals surface area contributed by atoms with Crippen LogP contribution in [0.2, 0.25) is 5.02 Å². The molecule has 5 rings (SSSR count). The first-order chi connectivity index (χ1) is 18.7. The van der Waals surface area contributed by atoms with E-state index in [-0.39, 0.29) is 52.9 Å². The zero-order valence-electron chi connectivity index (χ0n) is 21.3. The van der Waals surface area contributed by atoms with Crippen LogP contribution in [0.5, 0.6) is 0 Å². The van der Waals surface area contributed by atoms with Crippen molar-refractivity contribution in [3.63, 3.8) is 0 Å². The molecule has 9 nitrogen and oxygen atoms in total. The molecule has 0 aromatic heterocycles. The highest BCUT2D eigenvalue weighted by molar-refractivity contribution is 7.92. The number of hydrogen-bond acceptors (Lipinski definition) is 7. The fourth-order valence-corrected chi connectivity index (χ4v) is 10.3. The fourth-order valence-electron chi connectivity index (χ4n) is 6.39. The van der Waals surface area contributed by atoms with Crippen LogP contribution < -0.4 is 5.32 Å². The highest BCUT2D eigenvalue weighted by Gasteiger charge is 2.59. The van der Waals surface area contributed by atoms with Crippen LogP contribution >= 0.6 is 11.6 Å². The summed E-state index contributed by atoms with van der Waals surface area (Å²) in [4.78, 5) is 12.5. The van der Waals surface area contributed by atoms with Crippen LogP contribution in [0.25, 0.3) is 0 Å². The number of nitrogens with one attached hydrogen (secondary N) is 1. The van der Waals surface area contributed by atoms with Gasteiger partial charge in [0.05, 0.1) is 32.6 Å². The summed E-state index contributed by atoms with van der Waals surface area (Å²) >= 11 is 6.27. The number of halogens is 3. The van der Waals surface area contributed by atoms with Crippen LogP contribution in [0.3, 0.4) is 0 Å². The molecule has 1 aliphatic heterocycles. The molecule has 2 bridgehead atoms. The zero-order chi connectivity index (χ0) is 29.0. The molecule has 5 atom stereocenters. The standard InChI is InChI=1S/C26H29ClF2N2O7S2/c27-20-6-2-15(25(33)30-18-5-7-21(28)22(29)13-18)10-23(20)40(37,38)19-11-16-3-4-17(12-19)26(16,34)24(32)14-31-8-1-9-39(31,35)36/h2,5-7,10,13,16-17,19,24,32,34H,1,3-4,8-9,11-12,14H2,(H,30,33)/t16-,17?,19?,24?,26?/m0/s1. The van der Waals surface area contributed by atoms with E-state index in [9.17, 15) is 40.6 Å². The predicted molar refractivity (Wildman–Crippen MR) is 143 cm³/mol. The number of hydrogen-bond donors (Lipinski definition) is 3. The monoisotopic (exact) mass is 618 g/mol. The topological polar surface area (TPSA) is 141 Å². The van der Waals surface area contributed by atoms with Crippen molar-refractivity contribution in [3.8, 4) is 0 Å². The third-order valence-corrected chi connectivity index (χ3v) is 13.1. The van der Waals surface area contributed by atoms with Crippen molar-refractivity contribution >= 4 is 43.1 Å². The van der Waals surface area contributed by atoms with Crippen LogP contribution in [-0.4, -0.2) is 73.1 Å². The minimum atomic E-state index is -4.10. The van der Waals surface area contributed by atoms with Gasteiger partial charge in [-0.25, -0.2) is 25.6 Å². The molecule has 0 radical (unpaired) electrons. The number of benzene rings is 2. The van der Waals surface area contributed by atoms with Crippen molar-refractivity contribution < 1.29 is 40.6 Å². The van der Waals surface area contributed by atoms with Gasteiger partial charge in [-0.1, -0.05) is 11.6 Å². The van der Waals surface area contributed by atoms with E-state index in [1.807, 2.05) is 0 Å². The van der Waals surface area contributed by atoms with Gasteiger partial charge in [-0.05, 0) is 74.3 Å². The molecule has 2 aromatic rings. The van der Waals surface area contributed by atoms with Crippen molar-refractivity contribution in [2.45, 2.75) is 54.0 Å². The fraction of sp³-hybridized carbons (Fsp3) is 0.500. The van der Waals surface area contributed by atoms with E-state index in [4.69, 9.17) is 11.6 Å². The summed E-state index contributed by atoms with van der Waals surface area (Å²) in [6, 6.07) is 6.51. The molecule has 2 saturated carbocycles. The number of sulfone groups is 1. The first kappa shape index (κ1) is 29.3. The lowest BCUT2D eigenvalue weighted by atomic mass is 9.71. The highest BCUT2D eigenvalue weighted by atomic mass is 35.5. The number of anilines is 1. The Morgan fingerprint density at radius 2 is 1.80 bits per heavy atom. The number of sulfonamides is 1. The Labute approximate surface area is 236 Å². The van der Waals surface area contributed by atoms with Gasteiger partial charge in [0.25, 0.3) is 5.91 Å². The largest absolute Gasteiger partial charge is 0.389 e. The Morgan fingerprint density at radius 3 is 2.40 bits per heavy atom. The van der Waals surface area contributed by atoms with Gasteiger partial charge in [0.15, 0.2) is 21.5 Å². The van der Waals surface area contributed by atoms with E-state index < -0.39 is 66.2 Å². The molecule has 1 saturated heterocycles.